The third-order valence-electron chi connectivity index (χ3n) is 3.22. The second-order valence-corrected chi connectivity index (χ2v) is 5.71. The van der Waals surface area contributed by atoms with Gasteiger partial charge >= 0.3 is 5.97 Å². The lowest BCUT2D eigenvalue weighted by molar-refractivity contribution is -0.137. The van der Waals surface area contributed by atoms with Crippen LogP contribution in [0.25, 0.3) is 0 Å². The lowest BCUT2D eigenvalue weighted by Gasteiger charge is -2.46. The van der Waals surface area contributed by atoms with Gasteiger partial charge in [0.25, 0.3) is 0 Å². The molecule has 0 radical (unpaired) electrons. The number of carboxylic acids is 1. The van der Waals surface area contributed by atoms with Crippen molar-refractivity contribution in [2.45, 2.75) is 58.2 Å². The first-order valence-corrected chi connectivity index (χ1v) is 6.02. The number of carboxylic acid groups (broad SMARTS) is 1. The van der Waals surface area contributed by atoms with E-state index < -0.39 is 5.97 Å². The fraction of sp³-hybridized carbons (Fsp3) is 0.917. The molecular weight excluding hydrogens is 204 g/mol. The van der Waals surface area contributed by atoms with Crippen molar-refractivity contribution in [2.75, 3.05) is 13.1 Å². The molecule has 2 N–H and O–H groups in total. The van der Waals surface area contributed by atoms with Gasteiger partial charge in [-0.15, -0.1) is 0 Å². The molecule has 0 aromatic rings. The van der Waals surface area contributed by atoms with Crippen LogP contribution in [0.3, 0.4) is 0 Å². The topological polar surface area (TPSA) is 52.6 Å². The minimum absolute atomic E-state index is 0.156. The molecule has 4 nitrogen and oxygen atoms in total. The zero-order valence-corrected chi connectivity index (χ0v) is 10.8. The monoisotopic (exact) mass is 228 g/mol. The van der Waals surface area contributed by atoms with Crippen molar-refractivity contribution < 1.29 is 9.90 Å². The Morgan fingerprint density at radius 2 is 2.12 bits per heavy atom. The number of carbonyl (C=O) groups is 1. The minimum atomic E-state index is -0.706. The van der Waals surface area contributed by atoms with E-state index in [1.807, 2.05) is 0 Å². The van der Waals surface area contributed by atoms with Crippen LogP contribution in [0.4, 0.5) is 0 Å². The molecule has 0 aliphatic carbocycles. The standard InChI is InChI=1S/C12H24N2O2/c1-9-7-13-10(5-6-11(15)16)8-14(9)12(2,3)4/h9-10,13H,5-8H2,1-4H3,(H,15,16). The molecule has 0 aromatic carbocycles. The molecule has 1 fully saturated rings. The molecule has 4 heteroatoms. The number of rotatable bonds is 3. The molecule has 0 aromatic heterocycles. The number of hydrogen-bond donors (Lipinski definition) is 2. The van der Waals surface area contributed by atoms with E-state index in [1.165, 1.54) is 0 Å². The van der Waals surface area contributed by atoms with Gasteiger partial charge in [0.2, 0.25) is 0 Å². The van der Waals surface area contributed by atoms with Crippen LogP contribution < -0.4 is 5.32 Å². The number of piperazine rings is 1. The van der Waals surface area contributed by atoms with Crippen molar-refractivity contribution in [3.8, 4) is 0 Å². The third kappa shape index (κ3) is 3.76. The minimum Gasteiger partial charge on any atom is -0.481 e. The zero-order valence-electron chi connectivity index (χ0n) is 10.8. The van der Waals surface area contributed by atoms with E-state index in [0.717, 1.165) is 13.1 Å². The van der Waals surface area contributed by atoms with Crippen LogP contribution in [-0.4, -0.2) is 46.7 Å². The molecule has 2 unspecified atom stereocenters. The lowest BCUT2D eigenvalue weighted by atomic mass is 9.97. The van der Waals surface area contributed by atoms with Crippen molar-refractivity contribution in [2.24, 2.45) is 0 Å². The Balaban J connectivity index is 2.50. The van der Waals surface area contributed by atoms with Gasteiger partial charge in [-0.05, 0) is 34.1 Å². The van der Waals surface area contributed by atoms with Gasteiger partial charge in [-0.1, -0.05) is 0 Å². The highest BCUT2D eigenvalue weighted by Crippen LogP contribution is 2.21. The lowest BCUT2D eigenvalue weighted by Crippen LogP contribution is -2.60. The summed E-state index contributed by atoms with van der Waals surface area (Å²) in [5, 5.41) is 12.1. The van der Waals surface area contributed by atoms with Gasteiger partial charge in [-0.2, -0.15) is 0 Å². The quantitative estimate of drug-likeness (QED) is 0.765. The number of nitrogens with one attached hydrogen (secondary N) is 1. The van der Waals surface area contributed by atoms with Crippen molar-refractivity contribution in [3.63, 3.8) is 0 Å². The Morgan fingerprint density at radius 1 is 1.50 bits per heavy atom. The van der Waals surface area contributed by atoms with E-state index in [1.54, 1.807) is 0 Å². The van der Waals surface area contributed by atoms with Crippen molar-refractivity contribution in [1.29, 1.82) is 0 Å². The summed E-state index contributed by atoms with van der Waals surface area (Å²) in [5.41, 5.74) is 0.156. The average Bonchev–Trinajstić information content (AvgIpc) is 2.14. The zero-order chi connectivity index (χ0) is 12.3. The number of hydrogen-bond acceptors (Lipinski definition) is 3. The van der Waals surface area contributed by atoms with Gasteiger partial charge in [0.1, 0.15) is 0 Å². The maximum atomic E-state index is 10.5. The molecule has 1 heterocycles. The van der Waals surface area contributed by atoms with E-state index in [0.29, 0.717) is 18.5 Å². The number of nitrogens with zero attached hydrogens (tertiary/aromatic N) is 1. The Bertz CT molecular complexity index is 248. The largest absolute Gasteiger partial charge is 0.481 e. The molecule has 16 heavy (non-hydrogen) atoms. The van der Waals surface area contributed by atoms with Gasteiger partial charge in [0.15, 0.2) is 0 Å². The summed E-state index contributed by atoms with van der Waals surface area (Å²) in [4.78, 5) is 13.0. The summed E-state index contributed by atoms with van der Waals surface area (Å²) >= 11 is 0. The summed E-state index contributed by atoms with van der Waals surface area (Å²) in [6, 6.07) is 0.826. The van der Waals surface area contributed by atoms with Crippen LogP contribution in [0.5, 0.6) is 0 Å². The van der Waals surface area contributed by atoms with Crippen LogP contribution in [0.2, 0.25) is 0 Å². The van der Waals surface area contributed by atoms with Crippen LogP contribution >= 0.6 is 0 Å². The predicted octanol–water partition coefficient (Wildman–Crippen LogP) is 1.31. The molecule has 1 rings (SSSR count). The Morgan fingerprint density at radius 3 is 2.62 bits per heavy atom. The van der Waals surface area contributed by atoms with Gasteiger partial charge in [-0.25, -0.2) is 0 Å². The van der Waals surface area contributed by atoms with Crippen molar-refractivity contribution in [1.82, 2.24) is 10.2 Å². The first-order chi connectivity index (χ1) is 7.30. The summed E-state index contributed by atoms with van der Waals surface area (Å²) in [5.74, 6) is -0.706. The highest BCUT2D eigenvalue weighted by Gasteiger charge is 2.32. The van der Waals surface area contributed by atoms with E-state index >= 15 is 0 Å². The van der Waals surface area contributed by atoms with Gasteiger partial charge in [0.05, 0.1) is 0 Å². The van der Waals surface area contributed by atoms with Crippen molar-refractivity contribution >= 4 is 5.97 Å². The van der Waals surface area contributed by atoms with Gasteiger partial charge in [0, 0.05) is 37.1 Å². The molecule has 0 amide bonds. The fourth-order valence-corrected chi connectivity index (χ4v) is 2.36. The highest BCUT2D eigenvalue weighted by molar-refractivity contribution is 5.66. The second-order valence-electron chi connectivity index (χ2n) is 5.71. The van der Waals surface area contributed by atoms with E-state index in [4.69, 9.17) is 5.11 Å². The van der Waals surface area contributed by atoms with Gasteiger partial charge in [-0.3, -0.25) is 9.69 Å². The van der Waals surface area contributed by atoms with Crippen LogP contribution in [0.15, 0.2) is 0 Å². The Kier molecular flexibility index (Phi) is 4.33. The highest BCUT2D eigenvalue weighted by atomic mass is 16.4. The number of aliphatic carboxylic acids is 1. The molecule has 2 atom stereocenters. The molecular formula is C12H24N2O2. The maximum absolute atomic E-state index is 10.5. The summed E-state index contributed by atoms with van der Waals surface area (Å²) in [6.45, 7) is 10.7. The smallest absolute Gasteiger partial charge is 0.303 e. The SMILES string of the molecule is CC1CNC(CCC(=O)O)CN1C(C)(C)C. The Labute approximate surface area is 98.0 Å². The molecule has 0 bridgehead atoms. The second kappa shape index (κ2) is 5.15. The van der Waals surface area contributed by atoms with Gasteiger partial charge < -0.3 is 10.4 Å². The first-order valence-electron chi connectivity index (χ1n) is 6.02. The summed E-state index contributed by atoms with van der Waals surface area (Å²) < 4.78 is 0. The summed E-state index contributed by atoms with van der Waals surface area (Å²) in [7, 11) is 0. The predicted molar refractivity (Wildman–Crippen MR) is 64.6 cm³/mol. The molecule has 1 saturated heterocycles. The van der Waals surface area contributed by atoms with Crippen LogP contribution in [0.1, 0.15) is 40.5 Å². The van der Waals surface area contributed by atoms with Crippen LogP contribution in [0, 0.1) is 0 Å². The molecule has 1 aliphatic heterocycles. The van der Waals surface area contributed by atoms with E-state index in [9.17, 15) is 4.79 Å². The van der Waals surface area contributed by atoms with E-state index in [2.05, 4.69) is 37.9 Å². The normalized spacial score (nSPS) is 28.0. The average molecular weight is 228 g/mol. The third-order valence-corrected chi connectivity index (χ3v) is 3.22. The first kappa shape index (κ1) is 13.5. The molecule has 0 saturated carbocycles. The molecule has 1 aliphatic rings. The Hall–Kier alpha value is -0.610. The molecule has 0 spiro atoms. The van der Waals surface area contributed by atoms with E-state index in [-0.39, 0.29) is 12.0 Å². The maximum Gasteiger partial charge on any atom is 0.303 e. The molecule has 94 valence electrons. The van der Waals surface area contributed by atoms with Crippen molar-refractivity contribution in [3.05, 3.63) is 0 Å². The summed E-state index contributed by atoms with van der Waals surface area (Å²) in [6.07, 6.45) is 0.971. The van der Waals surface area contributed by atoms with Crippen LogP contribution in [-0.2, 0) is 4.79 Å². The fourth-order valence-electron chi connectivity index (χ4n) is 2.36.